The first-order valence-electron chi connectivity index (χ1n) is 6.38. The molecule has 0 radical (unpaired) electrons. The number of nitrogens with two attached hydrogens (primary N) is 1. The highest BCUT2D eigenvalue weighted by Crippen LogP contribution is 2.19. The van der Waals surface area contributed by atoms with Crippen LogP contribution in [-0.2, 0) is 4.79 Å². The standard InChI is InChI=1S/C13H28N2O/c1-6-13(7-2,8-3)15-11(16)9-10-12(4,5)14/h6-10,14H2,1-5H3,(H,15,16). The third-order valence-electron chi connectivity index (χ3n) is 3.43. The van der Waals surface area contributed by atoms with Gasteiger partial charge < -0.3 is 11.1 Å². The molecule has 96 valence electrons. The normalized spacial score (nSPS) is 12.6. The Labute approximate surface area is 100 Å². The maximum absolute atomic E-state index is 11.8. The van der Waals surface area contributed by atoms with Crippen molar-refractivity contribution < 1.29 is 4.79 Å². The van der Waals surface area contributed by atoms with Crippen molar-refractivity contribution in [1.29, 1.82) is 0 Å². The summed E-state index contributed by atoms with van der Waals surface area (Å²) in [6.07, 6.45) is 4.20. The molecule has 0 aliphatic heterocycles. The highest BCUT2D eigenvalue weighted by molar-refractivity contribution is 5.76. The third kappa shape index (κ3) is 5.50. The molecule has 0 aromatic rings. The van der Waals surface area contributed by atoms with E-state index >= 15 is 0 Å². The van der Waals surface area contributed by atoms with Crippen molar-refractivity contribution in [2.75, 3.05) is 0 Å². The third-order valence-corrected chi connectivity index (χ3v) is 3.43. The molecule has 0 aliphatic rings. The molecular weight excluding hydrogens is 200 g/mol. The second kappa shape index (κ2) is 6.24. The van der Waals surface area contributed by atoms with Gasteiger partial charge >= 0.3 is 0 Å². The molecular formula is C13H28N2O. The van der Waals surface area contributed by atoms with Gasteiger partial charge in [-0.2, -0.15) is 0 Å². The Balaban J connectivity index is 4.21. The summed E-state index contributed by atoms with van der Waals surface area (Å²) in [6.45, 7) is 10.3. The quantitative estimate of drug-likeness (QED) is 0.703. The van der Waals surface area contributed by atoms with Gasteiger partial charge in [0.2, 0.25) is 5.91 Å². The van der Waals surface area contributed by atoms with Crippen LogP contribution in [-0.4, -0.2) is 17.0 Å². The molecule has 0 atom stereocenters. The summed E-state index contributed by atoms with van der Waals surface area (Å²) in [5.74, 6) is 0.129. The maximum Gasteiger partial charge on any atom is 0.220 e. The Morgan fingerprint density at radius 3 is 1.88 bits per heavy atom. The summed E-state index contributed by atoms with van der Waals surface area (Å²) in [4.78, 5) is 11.8. The molecule has 0 saturated heterocycles. The fraction of sp³-hybridized carbons (Fsp3) is 0.923. The lowest BCUT2D eigenvalue weighted by molar-refractivity contribution is -0.123. The van der Waals surface area contributed by atoms with Gasteiger partial charge in [-0.25, -0.2) is 0 Å². The molecule has 1 amide bonds. The van der Waals surface area contributed by atoms with Crippen LogP contribution in [0.25, 0.3) is 0 Å². The largest absolute Gasteiger partial charge is 0.351 e. The molecule has 0 fully saturated rings. The fourth-order valence-electron chi connectivity index (χ4n) is 1.81. The minimum absolute atomic E-state index is 0.0180. The van der Waals surface area contributed by atoms with Crippen LogP contribution < -0.4 is 11.1 Å². The van der Waals surface area contributed by atoms with E-state index < -0.39 is 0 Å². The Bertz CT molecular complexity index is 206. The summed E-state index contributed by atoms with van der Waals surface area (Å²) in [5.41, 5.74) is 5.59. The van der Waals surface area contributed by atoms with Gasteiger partial charge in [-0.1, -0.05) is 20.8 Å². The van der Waals surface area contributed by atoms with Gasteiger partial charge in [-0.15, -0.1) is 0 Å². The topological polar surface area (TPSA) is 55.1 Å². The Morgan fingerprint density at radius 2 is 1.56 bits per heavy atom. The van der Waals surface area contributed by atoms with Crippen molar-refractivity contribution in [3.05, 3.63) is 0 Å². The van der Waals surface area contributed by atoms with Crippen LogP contribution >= 0.6 is 0 Å². The van der Waals surface area contributed by atoms with Crippen molar-refractivity contribution in [3.63, 3.8) is 0 Å². The van der Waals surface area contributed by atoms with E-state index in [1.165, 1.54) is 0 Å². The molecule has 0 saturated carbocycles. The molecule has 0 bridgehead atoms. The van der Waals surface area contributed by atoms with Gasteiger partial charge in [0.15, 0.2) is 0 Å². The summed E-state index contributed by atoms with van der Waals surface area (Å²) in [6, 6.07) is 0. The molecule has 0 aromatic carbocycles. The van der Waals surface area contributed by atoms with Crippen LogP contribution in [0, 0.1) is 0 Å². The second-order valence-corrected chi connectivity index (χ2v) is 5.38. The van der Waals surface area contributed by atoms with Crippen LogP contribution in [0.4, 0.5) is 0 Å². The molecule has 0 spiro atoms. The molecule has 3 N–H and O–H groups in total. The first-order chi connectivity index (χ1) is 7.28. The SMILES string of the molecule is CCC(CC)(CC)NC(=O)CCC(C)(C)N. The van der Waals surface area contributed by atoms with Gasteiger partial charge in [-0.05, 0) is 39.5 Å². The lowest BCUT2D eigenvalue weighted by Gasteiger charge is -2.32. The van der Waals surface area contributed by atoms with Crippen molar-refractivity contribution in [1.82, 2.24) is 5.32 Å². The highest BCUT2D eigenvalue weighted by atomic mass is 16.1. The van der Waals surface area contributed by atoms with Crippen molar-refractivity contribution >= 4 is 5.91 Å². The predicted molar refractivity (Wildman–Crippen MR) is 69.2 cm³/mol. The van der Waals surface area contributed by atoms with E-state index in [-0.39, 0.29) is 17.0 Å². The van der Waals surface area contributed by atoms with E-state index in [0.29, 0.717) is 6.42 Å². The zero-order valence-electron chi connectivity index (χ0n) is 11.5. The monoisotopic (exact) mass is 228 g/mol. The molecule has 3 nitrogen and oxygen atoms in total. The first-order valence-corrected chi connectivity index (χ1v) is 6.38. The summed E-state index contributed by atoms with van der Waals surface area (Å²) in [5, 5.41) is 3.16. The Hall–Kier alpha value is -0.570. The van der Waals surface area contributed by atoms with Crippen LogP contribution in [0.1, 0.15) is 66.7 Å². The zero-order valence-corrected chi connectivity index (χ0v) is 11.5. The molecule has 3 heteroatoms. The first kappa shape index (κ1) is 15.4. The van der Waals surface area contributed by atoms with E-state index in [1.54, 1.807) is 0 Å². The average molecular weight is 228 g/mol. The van der Waals surface area contributed by atoms with Crippen molar-refractivity contribution in [3.8, 4) is 0 Å². The lowest BCUT2D eigenvalue weighted by atomic mass is 9.89. The number of carbonyl (C=O) groups is 1. The number of amides is 1. The predicted octanol–water partition coefficient (Wildman–Crippen LogP) is 2.59. The average Bonchev–Trinajstić information content (AvgIpc) is 2.22. The molecule has 0 aromatic heterocycles. The minimum atomic E-state index is -0.259. The van der Waals surface area contributed by atoms with E-state index in [1.807, 2.05) is 13.8 Å². The van der Waals surface area contributed by atoms with Crippen LogP contribution in [0.3, 0.4) is 0 Å². The molecule has 16 heavy (non-hydrogen) atoms. The maximum atomic E-state index is 11.8. The van der Waals surface area contributed by atoms with Gasteiger partial charge in [0.05, 0.1) is 0 Å². The Morgan fingerprint density at radius 1 is 1.12 bits per heavy atom. The number of hydrogen-bond acceptors (Lipinski definition) is 2. The minimum Gasteiger partial charge on any atom is -0.351 e. The van der Waals surface area contributed by atoms with Crippen LogP contribution in [0.15, 0.2) is 0 Å². The fourth-order valence-corrected chi connectivity index (χ4v) is 1.81. The van der Waals surface area contributed by atoms with Gasteiger partial charge in [0, 0.05) is 17.5 Å². The Kier molecular flexibility index (Phi) is 6.01. The number of hydrogen-bond donors (Lipinski definition) is 2. The summed E-state index contributed by atoms with van der Waals surface area (Å²) in [7, 11) is 0. The van der Waals surface area contributed by atoms with Gasteiger partial charge in [-0.3, -0.25) is 4.79 Å². The van der Waals surface area contributed by atoms with E-state index in [0.717, 1.165) is 25.7 Å². The molecule has 0 heterocycles. The number of carbonyl (C=O) groups excluding carboxylic acids is 1. The van der Waals surface area contributed by atoms with Gasteiger partial charge in [0.25, 0.3) is 0 Å². The molecule has 0 rings (SSSR count). The molecule has 0 aliphatic carbocycles. The second-order valence-electron chi connectivity index (χ2n) is 5.38. The summed E-state index contributed by atoms with van der Waals surface area (Å²) < 4.78 is 0. The number of rotatable bonds is 7. The smallest absolute Gasteiger partial charge is 0.220 e. The molecule has 0 unspecified atom stereocenters. The highest BCUT2D eigenvalue weighted by Gasteiger charge is 2.26. The lowest BCUT2D eigenvalue weighted by Crippen LogP contribution is -2.47. The van der Waals surface area contributed by atoms with E-state index in [4.69, 9.17) is 5.73 Å². The van der Waals surface area contributed by atoms with E-state index in [2.05, 4.69) is 26.1 Å². The van der Waals surface area contributed by atoms with Crippen molar-refractivity contribution in [2.45, 2.75) is 77.8 Å². The summed E-state index contributed by atoms with van der Waals surface area (Å²) >= 11 is 0. The van der Waals surface area contributed by atoms with Crippen LogP contribution in [0.5, 0.6) is 0 Å². The zero-order chi connectivity index (χ0) is 12.8. The van der Waals surface area contributed by atoms with Gasteiger partial charge in [0.1, 0.15) is 0 Å². The van der Waals surface area contributed by atoms with Crippen LogP contribution in [0.2, 0.25) is 0 Å². The van der Waals surface area contributed by atoms with E-state index in [9.17, 15) is 4.79 Å². The number of nitrogens with one attached hydrogen (secondary N) is 1. The van der Waals surface area contributed by atoms with Crippen molar-refractivity contribution in [2.24, 2.45) is 5.73 Å².